The number of nitrogens with one attached hydrogen (secondary N) is 1. The first-order valence-electron chi connectivity index (χ1n) is 6.16. The molecule has 1 aromatic rings. The van der Waals surface area contributed by atoms with Gasteiger partial charge >= 0.3 is 0 Å². The van der Waals surface area contributed by atoms with Crippen molar-refractivity contribution < 1.29 is 9.84 Å². The number of aliphatic hydroxyl groups excluding tert-OH is 1. The van der Waals surface area contributed by atoms with Crippen LogP contribution in [0.4, 0.5) is 0 Å². The summed E-state index contributed by atoms with van der Waals surface area (Å²) in [6, 6.07) is 0.537. The SMILES string of the molecule is CCOC1CC(NCc2cn(CCO)nn2)C1. The van der Waals surface area contributed by atoms with Gasteiger partial charge in [-0.1, -0.05) is 5.21 Å². The highest BCUT2D eigenvalue weighted by Crippen LogP contribution is 2.23. The van der Waals surface area contributed by atoms with Crippen molar-refractivity contribution in [2.75, 3.05) is 13.2 Å². The minimum atomic E-state index is 0.0922. The quantitative estimate of drug-likeness (QED) is 0.698. The van der Waals surface area contributed by atoms with Crippen molar-refractivity contribution in [2.24, 2.45) is 0 Å². The van der Waals surface area contributed by atoms with Crippen LogP contribution in [0.1, 0.15) is 25.5 Å². The first kappa shape index (κ1) is 12.5. The Kier molecular flexibility index (Phi) is 4.47. The molecule has 1 aromatic heterocycles. The van der Waals surface area contributed by atoms with Crippen LogP contribution in [0.5, 0.6) is 0 Å². The molecule has 0 saturated heterocycles. The molecule has 0 spiro atoms. The Morgan fingerprint density at radius 3 is 3.12 bits per heavy atom. The summed E-state index contributed by atoms with van der Waals surface area (Å²) in [6.07, 6.45) is 4.46. The molecular formula is C11H20N4O2. The summed E-state index contributed by atoms with van der Waals surface area (Å²) < 4.78 is 7.15. The minimum absolute atomic E-state index is 0.0922. The van der Waals surface area contributed by atoms with Crippen molar-refractivity contribution >= 4 is 0 Å². The molecule has 17 heavy (non-hydrogen) atoms. The predicted molar refractivity (Wildman–Crippen MR) is 62.4 cm³/mol. The van der Waals surface area contributed by atoms with E-state index in [1.807, 2.05) is 13.1 Å². The van der Waals surface area contributed by atoms with Gasteiger partial charge in [0.05, 0.1) is 24.9 Å². The standard InChI is InChI=1S/C11H20N4O2/c1-2-17-11-5-9(6-11)12-7-10-8-15(3-4-16)14-13-10/h8-9,11-12,16H,2-7H2,1H3. The van der Waals surface area contributed by atoms with Crippen molar-refractivity contribution in [2.45, 2.75) is 45.0 Å². The Morgan fingerprint density at radius 2 is 2.41 bits per heavy atom. The van der Waals surface area contributed by atoms with Gasteiger partial charge in [0.25, 0.3) is 0 Å². The van der Waals surface area contributed by atoms with Gasteiger partial charge in [-0.25, -0.2) is 4.68 Å². The topological polar surface area (TPSA) is 72.2 Å². The first-order valence-corrected chi connectivity index (χ1v) is 6.16. The van der Waals surface area contributed by atoms with Crippen LogP contribution >= 0.6 is 0 Å². The van der Waals surface area contributed by atoms with Crippen LogP contribution in [0.15, 0.2) is 6.20 Å². The molecule has 1 aliphatic carbocycles. The molecule has 0 atom stereocenters. The fourth-order valence-electron chi connectivity index (χ4n) is 1.98. The van der Waals surface area contributed by atoms with Gasteiger partial charge in [-0.2, -0.15) is 0 Å². The highest BCUT2D eigenvalue weighted by Gasteiger charge is 2.28. The Labute approximate surface area is 101 Å². The van der Waals surface area contributed by atoms with Crippen LogP contribution in [-0.2, 0) is 17.8 Å². The predicted octanol–water partition coefficient (Wildman–Crippen LogP) is -0.0725. The molecule has 0 amide bonds. The maximum Gasteiger partial charge on any atom is 0.0964 e. The highest BCUT2D eigenvalue weighted by atomic mass is 16.5. The van der Waals surface area contributed by atoms with E-state index in [-0.39, 0.29) is 6.61 Å². The number of hydrogen-bond acceptors (Lipinski definition) is 5. The Balaban J connectivity index is 1.65. The third kappa shape index (κ3) is 3.49. The molecule has 0 bridgehead atoms. The number of aliphatic hydroxyl groups is 1. The van der Waals surface area contributed by atoms with E-state index < -0.39 is 0 Å². The molecule has 2 N–H and O–H groups in total. The number of nitrogens with zero attached hydrogens (tertiary/aromatic N) is 3. The monoisotopic (exact) mass is 240 g/mol. The third-order valence-electron chi connectivity index (χ3n) is 2.98. The van der Waals surface area contributed by atoms with Gasteiger partial charge in [0, 0.05) is 25.4 Å². The molecular weight excluding hydrogens is 220 g/mol. The Hall–Kier alpha value is -0.980. The summed E-state index contributed by atoms with van der Waals surface area (Å²) in [7, 11) is 0. The van der Waals surface area contributed by atoms with E-state index in [1.54, 1.807) is 4.68 Å². The summed E-state index contributed by atoms with van der Waals surface area (Å²) in [5.41, 5.74) is 0.915. The lowest BCUT2D eigenvalue weighted by Gasteiger charge is -2.35. The van der Waals surface area contributed by atoms with E-state index in [9.17, 15) is 0 Å². The molecule has 0 radical (unpaired) electrons. The largest absolute Gasteiger partial charge is 0.394 e. The maximum absolute atomic E-state index is 8.76. The summed E-state index contributed by atoms with van der Waals surface area (Å²) in [5, 5.41) is 20.1. The fraction of sp³-hybridized carbons (Fsp3) is 0.818. The lowest BCUT2D eigenvalue weighted by molar-refractivity contribution is -0.0103. The molecule has 1 fully saturated rings. The molecule has 0 aliphatic heterocycles. The van der Waals surface area contributed by atoms with Gasteiger partial charge in [-0.3, -0.25) is 0 Å². The van der Waals surface area contributed by atoms with Crippen LogP contribution in [0.25, 0.3) is 0 Å². The van der Waals surface area contributed by atoms with E-state index in [4.69, 9.17) is 9.84 Å². The van der Waals surface area contributed by atoms with Gasteiger partial charge in [0.2, 0.25) is 0 Å². The van der Waals surface area contributed by atoms with Gasteiger partial charge in [0.1, 0.15) is 0 Å². The van der Waals surface area contributed by atoms with Crippen LogP contribution in [0.3, 0.4) is 0 Å². The molecule has 1 heterocycles. The Morgan fingerprint density at radius 1 is 1.59 bits per heavy atom. The molecule has 0 unspecified atom stereocenters. The molecule has 0 aromatic carbocycles. The zero-order valence-electron chi connectivity index (χ0n) is 10.2. The lowest BCUT2D eigenvalue weighted by Crippen LogP contribution is -2.45. The first-order chi connectivity index (χ1) is 8.31. The normalized spacial score (nSPS) is 23.6. The van der Waals surface area contributed by atoms with Crippen LogP contribution in [-0.4, -0.2) is 45.5 Å². The van der Waals surface area contributed by atoms with E-state index in [0.717, 1.165) is 31.7 Å². The van der Waals surface area contributed by atoms with Gasteiger partial charge < -0.3 is 15.2 Å². The second kappa shape index (κ2) is 6.09. The van der Waals surface area contributed by atoms with E-state index in [2.05, 4.69) is 15.6 Å². The maximum atomic E-state index is 8.76. The second-order valence-corrected chi connectivity index (χ2v) is 4.32. The highest BCUT2D eigenvalue weighted by molar-refractivity contribution is 4.94. The van der Waals surface area contributed by atoms with Gasteiger partial charge in [-0.15, -0.1) is 5.10 Å². The van der Waals surface area contributed by atoms with Crippen LogP contribution < -0.4 is 5.32 Å². The van der Waals surface area contributed by atoms with Crippen molar-refractivity contribution in [1.29, 1.82) is 0 Å². The third-order valence-corrected chi connectivity index (χ3v) is 2.98. The van der Waals surface area contributed by atoms with Crippen LogP contribution in [0.2, 0.25) is 0 Å². The second-order valence-electron chi connectivity index (χ2n) is 4.32. The molecule has 1 aliphatic rings. The van der Waals surface area contributed by atoms with E-state index in [0.29, 0.717) is 18.7 Å². The van der Waals surface area contributed by atoms with Crippen molar-refractivity contribution in [1.82, 2.24) is 20.3 Å². The minimum Gasteiger partial charge on any atom is -0.394 e. The number of hydrogen-bond donors (Lipinski definition) is 2. The summed E-state index contributed by atoms with van der Waals surface area (Å²) in [4.78, 5) is 0. The summed E-state index contributed by atoms with van der Waals surface area (Å²) >= 11 is 0. The zero-order chi connectivity index (χ0) is 12.1. The van der Waals surface area contributed by atoms with Gasteiger partial charge in [0.15, 0.2) is 0 Å². The number of ether oxygens (including phenoxy) is 1. The average Bonchev–Trinajstić information content (AvgIpc) is 2.70. The van der Waals surface area contributed by atoms with E-state index >= 15 is 0 Å². The van der Waals surface area contributed by atoms with Crippen molar-refractivity contribution in [3.63, 3.8) is 0 Å². The smallest absolute Gasteiger partial charge is 0.0964 e. The zero-order valence-corrected chi connectivity index (χ0v) is 10.2. The van der Waals surface area contributed by atoms with E-state index in [1.165, 1.54) is 0 Å². The fourth-order valence-corrected chi connectivity index (χ4v) is 1.98. The Bertz CT molecular complexity index is 336. The number of aromatic nitrogens is 3. The number of rotatable bonds is 7. The average molecular weight is 240 g/mol. The van der Waals surface area contributed by atoms with Crippen molar-refractivity contribution in [3.8, 4) is 0 Å². The van der Waals surface area contributed by atoms with Crippen molar-refractivity contribution in [3.05, 3.63) is 11.9 Å². The molecule has 6 heteroatoms. The molecule has 6 nitrogen and oxygen atoms in total. The summed E-state index contributed by atoms with van der Waals surface area (Å²) in [5.74, 6) is 0. The summed E-state index contributed by atoms with van der Waals surface area (Å²) in [6.45, 7) is 4.15. The molecule has 2 rings (SSSR count). The lowest BCUT2D eigenvalue weighted by atomic mass is 9.89. The van der Waals surface area contributed by atoms with Gasteiger partial charge in [-0.05, 0) is 19.8 Å². The molecule has 96 valence electrons. The van der Waals surface area contributed by atoms with Crippen LogP contribution in [0, 0.1) is 0 Å². The molecule has 1 saturated carbocycles.